The Labute approximate surface area is 126 Å². The van der Waals surface area contributed by atoms with Gasteiger partial charge in [0.15, 0.2) is 5.11 Å². The van der Waals surface area contributed by atoms with E-state index in [1.165, 1.54) is 5.56 Å². The van der Waals surface area contributed by atoms with Crippen LogP contribution in [-0.2, 0) is 6.54 Å². The van der Waals surface area contributed by atoms with Crippen molar-refractivity contribution in [2.45, 2.75) is 13.5 Å². The van der Waals surface area contributed by atoms with Crippen LogP contribution in [-0.4, -0.2) is 10.1 Å². The fraction of sp³-hybridized carbons (Fsp3) is 0.143. The van der Waals surface area contributed by atoms with Gasteiger partial charge in [-0.25, -0.2) is 0 Å². The zero-order chi connectivity index (χ0) is 13.7. The lowest BCUT2D eigenvalue weighted by molar-refractivity contribution is 0.916. The Morgan fingerprint density at radius 2 is 2.21 bits per heavy atom. The lowest BCUT2D eigenvalue weighted by Crippen LogP contribution is -2.27. The number of anilines is 1. The minimum absolute atomic E-state index is 0.602. The first kappa shape index (κ1) is 14.0. The van der Waals surface area contributed by atoms with Crippen molar-refractivity contribution in [2.24, 2.45) is 0 Å². The second kappa shape index (κ2) is 6.63. The fourth-order valence-corrected chi connectivity index (χ4v) is 2.02. The Bertz CT molecular complexity index is 572. The van der Waals surface area contributed by atoms with Crippen molar-refractivity contribution in [3.63, 3.8) is 0 Å². The van der Waals surface area contributed by atoms with Gasteiger partial charge in [0.25, 0.3) is 0 Å². The zero-order valence-electron chi connectivity index (χ0n) is 10.5. The molecule has 0 unspecified atom stereocenters. The van der Waals surface area contributed by atoms with Crippen molar-refractivity contribution in [1.29, 1.82) is 0 Å². The van der Waals surface area contributed by atoms with Crippen molar-refractivity contribution in [3.8, 4) is 0 Å². The maximum Gasteiger partial charge on any atom is 0.171 e. The highest BCUT2D eigenvalue weighted by Gasteiger charge is 2.00. The smallest absolute Gasteiger partial charge is 0.171 e. The Kier molecular flexibility index (Phi) is 4.87. The summed E-state index contributed by atoms with van der Waals surface area (Å²) >= 11 is 8.73. The minimum atomic E-state index is 0.602. The number of hydrogen-bond donors (Lipinski definition) is 2. The van der Waals surface area contributed by atoms with Crippen molar-refractivity contribution in [2.75, 3.05) is 5.32 Å². The molecule has 2 rings (SSSR count). The summed E-state index contributed by atoms with van der Waals surface area (Å²) in [5.74, 6) is 0. The van der Waals surface area contributed by atoms with Gasteiger partial charge >= 0.3 is 0 Å². The summed E-state index contributed by atoms with van der Waals surface area (Å²) in [5.41, 5.74) is 3.24. The molecule has 98 valence electrons. The highest BCUT2D eigenvalue weighted by Crippen LogP contribution is 2.19. The SMILES string of the molecule is Cc1cc(NC(=S)NCc2cccnc2)ccc1Br. The van der Waals surface area contributed by atoms with E-state index in [1.807, 2.05) is 43.5 Å². The number of nitrogens with one attached hydrogen (secondary N) is 2. The van der Waals surface area contributed by atoms with Crippen LogP contribution in [0.25, 0.3) is 0 Å². The molecule has 1 heterocycles. The van der Waals surface area contributed by atoms with Crippen LogP contribution in [0.3, 0.4) is 0 Å². The van der Waals surface area contributed by atoms with Crippen molar-refractivity contribution in [1.82, 2.24) is 10.3 Å². The van der Waals surface area contributed by atoms with Gasteiger partial charge in [0.05, 0.1) is 0 Å². The first-order chi connectivity index (χ1) is 9.15. The summed E-state index contributed by atoms with van der Waals surface area (Å²) in [6.07, 6.45) is 3.57. The van der Waals surface area contributed by atoms with Crippen LogP contribution in [0.2, 0.25) is 0 Å². The molecule has 1 aromatic heterocycles. The van der Waals surface area contributed by atoms with Crippen LogP contribution in [0.5, 0.6) is 0 Å². The van der Waals surface area contributed by atoms with E-state index in [0.717, 1.165) is 15.7 Å². The average Bonchev–Trinajstić information content (AvgIpc) is 2.42. The van der Waals surface area contributed by atoms with Gasteiger partial charge in [-0.2, -0.15) is 0 Å². The summed E-state index contributed by atoms with van der Waals surface area (Å²) in [7, 11) is 0. The Morgan fingerprint density at radius 3 is 2.89 bits per heavy atom. The number of aryl methyl sites for hydroxylation is 1. The van der Waals surface area contributed by atoms with Crippen molar-refractivity contribution >= 4 is 38.9 Å². The van der Waals surface area contributed by atoms with Gasteiger partial charge in [0.2, 0.25) is 0 Å². The molecule has 19 heavy (non-hydrogen) atoms. The molecule has 2 aromatic rings. The molecule has 0 aliphatic carbocycles. The van der Waals surface area contributed by atoms with Gasteiger partial charge in [-0.05, 0) is 54.5 Å². The number of halogens is 1. The quantitative estimate of drug-likeness (QED) is 0.839. The highest BCUT2D eigenvalue weighted by molar-refractivity contribution is 9.10. The molecule has 0 saturated heterocycles. The third-order valence-corrected chi connectivity index (χ3v) is 3.73. The van der Waals surface area contributed by atoms with Crippen molar-refractivity contribution < 1.29 is 0 Å². The number of benzene rings is 1. The van der Waals surface area contributed by atoms with Crippen LogP contribution >= 0.6 is 28.1 Å². The van der Waals surface area contributed by atoms with Gasteiger partial charge in [0.1, 0.15) is 0 Å². The molecule has 2 N–H and O–H groups in total. The molecular weight excluding hydrogens is 322 g/mol. The number of aromatic nitrogens is 1. The maximum absolute atomic E-state index is 5.26. The van der Waals surface area contributed by atoms with E-state index in [9.17, 15) is 0 Å². The zero-order valence-corrected chi connectivity index (χ0v) is 12.9. The maximum atomic E-state index is 5.26. The van der Waals surface area contributed by atoms with Crippen LogP contribution in [0, 0.1) is 6.92 Å². The van der Waals surface area contributed by atoms with E-state index in [2.05, 4.69) is 31.5 Å². The molecule has 0 aliphatic rings. The van der Waals surface area contributed by atoms with E-state index < -0.39 is 0 Å². The van der Waals surface area contributed by atoms with Gasteiger partial charge in [0, 0.05) is 29.1 Å². The van der Waals surface area contributed by atoms with E-state index in [0.29, 0.717) is 11.7 Å². The standard InChI is InChI=1S/C14H14BrN3S/c1-10-7-12(4-5-13(10)15)18-14(19)17-9-11-3-2-6-16-8-11/h2-8H,9H2,1H3,(H2,17,18,19). The van der Waals surface area contributed by atoms with Crippen molar-refractivity contribution in [3.05, 3.63) is 58.3 Å². The third kappa shape index (κ3) is 4.29. The molecule has 0 bridgehead atoms. The van der Waals surface area contributed by atoms with Gasteiger partial charge in [-0.15, -0.1) is 0 Å². The molecule has 0 amide bonds. The average molecular weight is 336 g/mol. The van der Waals surface area contributed by atoms with E-state index in [4.69, 9.17) is 12.2 Å². The Balaban J connectivity index is 1.89. The lowest BCUT2D eigenvalue weighted by Gasteiger charge is -2.11. The number of nitrogens with zero attached hydrogens (tertiary/aromatic N) is 1. The molecule has 0 fully saturated rings. The number of pyridine rings is 1. The Hall–Kier alpha value is -1.46. The van der Waals surface area contributed by atoms with Crippen LogP contribution in [0.1, 0.15) is 11.1 Å². The second-order valence-electron chi connectivity index (χ2n) is 4.13. The topological polar surface area (TPSA) is 37.0 Å². The molecule has 0 atom stereocenters. The first-order valence-corrected chi connectivity index (χ1v) is 7.05. The summed E-state index contributed by atoms with van der Waals surface area (Å²) < 4.78 is 1.09. The monoisotopic (exact) mass is 335 g/mol. The molecule has 3 nitrogen and oxygen atoms in total. The molecular formula is C14H14BrN3S. The normalized spacial score (nSPS) is 10.0. The van der Waals surface area contributed by atoms with Gasteiger partial charge in [-0.1, -0.05) is 22.0 Å². The van der Waals surface area contributed by atoms with E-state index in [-0.39, 0.29) is 0 Å². The predicted molar refractivity (Wildman–Crippen MR) is 86.2 cm³/mol. The number of rotatable bonds is 3. The molecule has 0 spiro atoms. The second-order valence-corrected chi connectivity index (χ2v) is 5.40. The predicted octanol–water partition coefficient (Wildman–Crippen LogP) is 3.64. The van der Waals surface area contributed by atoms with E-state index in [1.54, 1.807) is 6.20 Å². The highest BCUT2D eigenvalue weighted by atomic mass is 79.9. The Morgan fingerprint density at radius 1 is 1.37 bits per heavy atom. The number of thiocarbonyl (C=S) groups is 1. The molecule has 0 saturated carbocycles. The first-order valence-electron chi connectivity index (χ1n) is 5.85. The minimum Gasteiger partial charge on any atom is -0.358 e. The van der Waals surface area contributed by atoms with Crippen LogP contribution in [0.15, 0.2) is 47.2 Å². The summed E-state index contributed by atoms with van der Waals surface area (Å²) in [6.45, 7) is 2.70. The largest absolute Gasteiger partial charge is 0.358 e. The summed E-state index contributed by atoms with van der Waals surface area (Å²) in [4.78, 5) is 4.06. The van der Waals surface area contributed by atoms with Crippen LogP contribution < -0.4 is 10.6 Å². The molecule has 5 heteroatoms. The van der Waals surface area contributed by atoms with Crippen LogP contribution in [0.4, 0.5) is 5.69 Å². The van der Waals surface area contributed by atoms with Gasteiger partial charge in [-0.3, -0.25) is 4.98 Å². The fourth-order valence-electron chi connectivity index (χ4n) is 1.58. The van der Waals surface area contributed by atoms with E-state index >= 15 is 0 Å². The lowest BCUT2D eigenvalue weighted by atomic mass is 10.2. The molecule has 0 radical (unpaired) electrons. The molecule has 1 aromatic carbocycles. The third-order valence-electron chi connectivity index (χ3n) is 2.59. The summed E-state index contributed by atoms with van der Waals surface area (Å²) in [6, 6.07) is 9.94. The molecule has 0 aliphatic heterocycles. The van der Waals surface area contributed by atoms with Gasteiger partial charge < -0.3 is 10.6 Å². The summed E-state index contributed by atoms with van der Waals surface area (Å²) in [5, 5.41) is 6.91. The number of hydrogen-bond acceptors (Lipinski definition) is 2.